The Bertz CT molecular complexity index is 742. The molecule has 3 rings (SSSR count). The number of ether oxygens (including phenoxy) is 1. The predicted molar refractivity (Wildman–Crippen MR) is 74.4 cm³/mol. The number of rotatable bonds is 4. The topological polar surface area (TPSA) is 116 Å². The Morgan fingerprint density at radius 2 is 1.67 bits per heavy atom. The summed E-state index contributed by atoms with van der Waals surface area (Å²) in [6, 6.07) is 4.61. The molecule has 3 unspecified atom stereocenters. The van der Waals surface area contributed by atoms with Gasteiger partial charge in [0.25, 0.3) is 0 Å². The van der Waals surface area contributed by atoms with Gasteiger partial charge in [0, 0.05) is 0 Å². The molecule has 0 aromatic heterocycles. The number of hydrogen-bond donors (Lipinski definition) is 2. The molecule has 0 radical (unpaired) electrons. The minimum atomic E-state index is -3.83. The molecule has 1 aromatic carbocycles. The lowest BCUT2D eigenvalue weighted by atomic mass is 9.96. The van der Waals surface area contributed by atoms with E-state index in [1.54, 1.807) is 0 Å². The molecule has 3 N–H and O–H groups in total. The number of nitrogens with one attached hydrogen (secondary N) is 1. The molecule has 2 aliphatic rings. The largest absolute Gasteiger partial charge is 0.373 e. The van der Waals surface area contributed by atoms with Crippen molar-refractivity contribution in [1.29, 1.82) is 0 Å². The fourth-order valence-electron chi connectivity index (χ4n) is 2.84. The number of fused-ring (bicyclic) bond motifs is 2. The highest BCUT2D eigenvalue weighted by Crippen LogP contribution is 2.35. The van der Waals surface area contributed by atoms with E-state index < -0.39 is 20.0 Å². The molecule has 2 heterocycles. The minimum absolute atomic E-state index is 0.0117. The van der Waals surface area contributed by atoms with E-state index >= 15 is 0 Å². The van der Waals surface area contributed by atoms with Crippen LogP contribution in [-0.4, -0.2) is 35.1 Å². The summed E-state index contributed by atoms with van der Waals surface area (Å²) in [5, 5.41) is 4.98. The van der Waals surface area contributed by atoms with Crippen molar-refractivity contribution in [2.24, 2.45) is 5.14 Å². The maximum atomic E-state index is 12.3. The highest BCUT2D eigenvalue weighted by Gasteiger charge is 2.42. The lowest BCUT2D eigenvalue weighted by Crippen LogP contribution is -2.41. The molecule has 116 valence electrons. The van der Waals surface area contributed by atoms with Crippen LogP contribution in [0.1, 0.15) is 19.3 Å². The van der Waals surface area contributed by atoms with Crippen molar-refractivity contribution >= 4 is 20.0 Å². The van der Waals surface area contributed by atoms with E-state index in [-0.39, 0.29) is 28.0 Å². The number of nitrogens with two attached hydrogens (primary N) is 1. The van der Waals surface area contributed by atoms with Crippen molar-refractivity contribution < 1.29 is 21.6 Å². The first kappa shape index (κ1) is 14.9. The molecule has 7 nitrogen and oxygen atoms in total. The number of primary sulfonamides is 1. The van der Waals surface area contributed by atoms with Gasteiger partial charge in [0.15, 0.2) is 0 Å². The Morgan fingerprint density at radius 3 is 2.14 bits per heavy atom. The van der Waals surface area contributed by atoms with Crippen molar-refractivity contribution in [3.63, 3.8) is 0 Å². The fraction of sp³-hybridized carbons (Fsp3) is 0.500. The average Bonchev–Trinajstić information content (AvgIpc) is 2.99. The zero-order chi connectivity index (χ0) is 15.3. The zero-order valence-corrected chi connectivity index (χ0v) is 12.7. The second-order valence-corrected chi connectivity index (χ2v) is 8.63. The van der Waals surface area contributed by atoms with Gasteiger partial charge in [0.2, 0.25) is 20.0 Å². The van der Waals surface area contributed by atoms with Crippen molar-refractivity contribution in [3.8, 4) is 0 Å². The Hall–Kier alpha value is -1.00. The molecule has 9 heteroatoms. The minimum Gasteiger partial charge on any atom is -0.373 e. The van der Waals surface area contributed by atoms with E-state index in [9.17, 15) is 16.8 Å². The number of benzene rings is 1. The summed E-state index contributed by atoms with van der Waals surface area (Å²) in [4.78, 5) is -0.109. The van der Waals surface area contributed by atoms with Gasteiger partial charge in [-0.3, -0.25) is 0 Å². The van der Waals surface area contributed by atoms with Crippen LogP contribution in [0.3, 0.4) is 0 Å². The average molecular weight is 332 g/mol. The molecule has 0 saturated carbocycles. The fourth-order valence-corrected chi connectivity index (χ4v) is 4.63. The molecular weight excluding hydrogens is 316 g/mol. The molecule has 0 aliphatic carbocycles. The van der Waals surface area contributed by atoms with Gasteiger partial charge < -0.3 is 4.74 Å². The standard InChI is InChI=1S/C12H16N2O5S2/c13-20(15,16)9-2-4-10(5-3-9)21(17,18)14-11-7-8-1-6-12(11)19-8/h2-5,8,11-12,14H,1,6-7H2,(H2,13,15,16). The summed E-state index contributed by atoms with van der Waals surface area (Å²) < 4.78 is 55.1. The summed E-state index contributed by atoms with van der Waals surface area (Å²) in [5.74, 6) is 0. The first-order valence-electron chi connectivity index (χ1n) is 6.56. The molecule has 2 aliphatic heterocycles. The predicted octanol–water partition coefficient (Wildman–Crippen LogP) is -0.0678. The first-order chi connectivity index (χ1) is 9.75. The van der Waals surface area contributed by atoms with Gasteiger partial charge in [-0.2, -0.15) is 0 Å². The summed E-state index contributed by atoms with van der Waals surface area (Å²) in [6.45, 7) is 0. The van der Waals surface area contributed by atoms with Crippen LogP contribution in [0.4, 0.5) is 0 Å². The van der Waals surface area contributed by atoms with Gasteiger partial charge in [0.1, 0.15) is 0 Å². The lowest BCUT2D eigenvalue weighted by Gasteiger charge is -2.20. The van der Waals surface area contributed by atoms with E-state index in [0.717, 1.165) is 12.8 Å². The number of hydrogen-bond acceptors (Lipinski definition) is 5. The van der Waals surface area contributed by atoms with Gasteiger partial charge in [-0.25, -0.2) is 26.7 Å². The van der Waals surface area contributed by atoms with Gasteiger partial charge in [-0.05, 0) is 43.5 Å². The van der Waals surface area contributed by atoms with Crippen molar-refractivity contribution in [1.82, 2.24) is 4.72 Å². The monoisotopic (exact) mass is 332 g/mol. The zero-order valence-electron chi connectivity index (χ0n) is 11.1. The van der Waals surface area contributed by atoms with Crippen LogP contribution in [0.2, 0.25) is 0 Å². The van der Waals surface area contributed by atoms with Crippen LogP contribution in [0, 0.1) is 0 Å². The smallest absolute Gasteiger partial charge is 0.240 e. The van der Waals surface area contributed by atoms with Crippen LogP contribution in [0.25, 0.3) is 0 Å². The molecular formula is C12H16N2O5S2. The van der Waals surface area contributed by atoms with Gasteiger partial charge in [-0.15, -0.1) is 0 Å². The summed E-state index contributed by atoms with van der Waals surface area (Å²) in [7, 11) is -7.52. The summed E-state index contributed by atoms with van der Waals surface area (Å²) >= 11 is 0. The van der Waals surface area contributed by atoms with Crippen LogP contribution < -0.4 is 9.86 Å². The van der Waals surface area contributed by atoms with E-state index in [1.165, 1.54) is 24.3 Å². The molecule has 0 spiro atoms. The lowest BCUT2D eigenvalue weighted by molar-refractivity contribution is 0.0996. The third-order valence-electron chi connectivity index (χ3n) is 3.88. The van der Waals surface area contributed by atoms with E-state index in [0.29, 0.717) is 6.42 Å². The van der Waals surface area contributed by atoms with E-state index in [4.69, 9.17) is 9.88 Å². The second kappa shape index (κ2) is 5.03. The van der Waals surface area contributed by atoms with E-state index in [2.05, 4.69) is 4.72 Å². The van der Waals surface area contributed by atoms with Crippen LogP contribution >= 0.6 is 0 Å². The first-order valence-corrected chi connectivity index (χ1v) is 9.59. The Balaban J connectivity index is 1.79. The maximum absolute atomic E-state index is 12.3. The SMILES string of the molecule is NS(=O)(=O)c1ccc(S(=O)(=O)NC2CC3CCC2O3)cc1. The summed E-state index contributed by atoms with van der Waals surface area (Å²) in [5.41, 5.74) is 0. The third kappa shape index (κ3) is 2.97. The molecule has 0 amide bonds. The molecule has 21 heavy (non-hydrogen) atoms. The molecule has 3 atom stereocenters. The molecule has 2 bridgehead atoms. The number of sulfonamides is 2. The third-order valence-corrected chi connectivity index (χ3v) is 6.31. The molecule has 2 fully saturated rings. The Labute approximate surface area is 123 Å². The highest BCUT2D eigenvalue weighted by atomic mass is 32.2. The van der Waals surface area contributed by atoms with Gasteiger partial charge in [-0.1, -0.05) is 0 Å². The van der Waals surface area contributed by atoms with Gasteiger partial charge >= 0.3 is 0 Å². The van der Waals surface area contributed by atoms with Crippen LogP contribution in [0.15, 0.2) is 34.1 Å². The van der Waals surface area contributed by atoms with Crippen molar-refractivity contribution in [3.05, 3.63) is 24.3 Å². The normalized spacial score (nSPS) is 28.9. The van der Waals surface area contributed by atoms with Crippen LogP contribution in [-0.2, 0) is 24.8 Å². The quantitative estimate of drug-likeness (QED) is 0.801. The summed E-state index contributed by atoms with van der Waals surface area (Å²) in [6.07, 6.45) is 2.61. The maximum Gasteiger partial charge on any atom is 0.240 e. The second-order valence-electron chi connectivity index (χ2n) is 5.35. The van der Waals surface area contributed by atoms with Crippen molar-refractivity contribution in [2.75, 3.05) is 0 Å². The van der Waals surface area contributed by atoms with Gasteiger partial charge in [0.05, 0.1) is 28.0 Å². The van der Waals surface area contributed by atoms with Crippen LogP contribution in [0.5, 0.6) is 0 Å². The van der Waals surface area contributed by atoms with Crippen molar-refractivity contribution in [2.45, 2.75) is 47.3 Å². The Kier molecular flexibility index (Phi) is 3.57. The molecule has 2 saturated heterocycles. The van der Waals surface area contributed by atoms with E-state index in [1.807, 2.05) is 0 Å². The molecule has 1 aromatic rings. The highest BCUT2D eigenvalue weighted by molar-refractivity contribution is 7.89. The Morgan fingerprint density at radius 1 is 1.05 bits per heavy atom.